The molecule has 0 unspecified atom stereocenters. The molecule has 3 saturated carbocycles. The molecule has 7 nitrogen and oxygen atoms in total. The van der Waals surface area contributed by atoms with Crippen LogP contribution in [0.5, 0.6) is 0 Å². The zero-order chi connectivity index (χ0) is 24.6. The van der Waals surface area contributed by atoms with Crippen molar-refractivity contribution in [3.05, 3.63) is 12.7 Å². The predicted octanol–water partition coefficient (Wildman–Crippen LogP) is 3.60. The quantitative estimate of drug-likeness (QED) is 0.413. The number of aliphatic hydroxyl groups is 1. The van der Waals surface area contributed by atoms with Crippen molar-refractivity contribution in [2.75, 3.05) is 13.1 Å². The van der Waals surface area contributed by atoms with Gasteiger partial charge in [-0.15, -0.1) is 6.58 Å². The number of amides is 2. The average molecular weight is 463 g/mol. The van der Waals surface area contributed by atoms with Crippen LogP contribution in [0.2, 0.25) is 0 Å². The second kappa shape index (κ2) is 9.40. The van der Waals surface area contributed by atoms with Gasteiger partial charge in [0.25, 0.3) is 0 Å². The molecular formula is C26H42N2O5. The van der Waals surface area contributed by atoms with Crippen molar-refractivity contribution in [1.29, 1.82) is 0 Å². The van der Waals surface area contributed by atoms with Gasteiger partial charge >= 0.3 is 12.0 Å². The van der Waals surface area contributed by atoms with Gasteiger partial charge in [-0.25, -0.2) is 4.79 Å². The number of hydrogen-bond donors (Lipinski definition) is 3. The summed E-state index contributed by atoms with van der Waals surface area (Å²) in [7, 11) is 0. The number of Topliss-reactive ketones (excluding diaryl/α,β-unsaturated/α-hetero) is 1. The van der Waals surface area contributed by atoms with Gasteiger partial charge in [-0.2, -0.15) is 0 Å². The summed E-state index contributed by atoms with van der Waals surface area (Å²) in [5.74, 6) is -0.455. The normalized spacial score (nSPS) is 42.5. The molecule has 0 aromatic heterocycles. The molecule has 0 aromatic rings. The number of ether oxygens (including phenoxy) is 1. The van der Waals surface area contributed by atoms with E-state index in [-0.39, 0.29) is 35.5 Å². The third-order valence-electron chi connectivity index (χ3n) is 9.50. The molecule has 0 spiro atoms. The molecule has 0 aliphatic heterocycles. The van der Waals surface area contributed by atoms with Gasteiger partial charge in [0, 0.05) is 29.7 Å². The molecule has 33 heavy (non-hydrogen) atoms. The zero-order valence-electron chi connectivity index (χ0n) is 20.9. The first-order valence-electron chi connectivity index (χ1n) is 12.5. The summed E-state index contributed by atoms with van der Waals surface area (Å²) >= 11 is 0. The minimum Gasteiger partial charge on any atom is -0.460 e. The van der Waals surface area contributed by atoms with Gasteiger partial charge in [-0.05, 0) is 49.4 Å². The van der Waals surface area contributed by atoms with E-state index in [4.69, 9.17) is 4.74 Å². The maximum atomic E-state index is 13.4. The van der Waals surface area contributed by atoms with Gasteiger partial charge in [-0.1, -0.05) is 40.7 Å². The van der Waals surface area contributed by atoms with Crippen molar-refractivity contribution in [3.8, 4) is 0 Å². The Morgan fingerprint density at radius 3 is 2.58 bits per heavy atom. The molecule has 0 aromatic carbocycles. The Morgan fingerprint density at radius 2 is 1.94 bits per heavy atom. The number of urea groups is 1. The lowest BCUT2D eigenvalue weighted by Crippen LogP contribution is -2.63. The molecule has 8 atom stereocenters. The number of rotatable bonds is 6. The zero-order valence-corrected chi connectivity index (χ0v) is 20.9. The van der Waals surface area contributed by atoms with Crippen LogP contribution in [-0.4, -0.2) is 48.2 Å². The lowest BCUT2D eigenvalue weighted by molar-refractivity contribution is -0.206. The van der Waals surface area contributed by atoms with Crippen LogP contribution in [-0.2, 0) is 14.3 Å². The van der Waals surface area contributed by atoms with Crippen LogP contribution >= 0.6 is 0 Å². The smallest absolute Gasteiger partial charge is 0.325 e. The van der Waals surface area contributed by atoms with Gasteiger partial charge in [0.15, 0.2) is 0 Å². The second-order valence-electron chi connectivity index (χ2n) is 11.2. The Hall–Kier alpha value is -1.89. The highest BCUT2D eigenvalue weighted by Gasteiger charge is 2.68. The topological polar surface area (TPSA) is 105 Å². The van der Waals surface area contributed by atoms with Crippen molar-refractivity contribution in [3.63, 3.8) is 0 Å². The maximum Gasteiger partial charge on any atom is 0.325 e. The number of nitrogens with one attached hydrogen (secondary N) is 2. The van der Waals surface area contributed by atoms with E-state index >= 15 is 0 Å². The van der Waals surface area contributed by atoms with E-state index in [1.165, 1.54) is 0 Å². The fourth-order valence-electron chi connectivity index (χ4n) is 7.16. The van der Waals surface area contributed by atoms with Gasteiger partial charge in [0.05, 0.1) is 6.10 Å². The highest BCUT2D eigenvalue weighted by molar-refractivity contribution is 5.86. The summed E-state index contributed by atoms with van der Waals surface area (Å²) in [5.41, 5.74) is -1.52. The minimum atomic E-state index is -0.694. The SMILES string of the molecule is C=C[C@]1(C)C[C@@H](OC(=O)CNC(=O)NCCC)[C@]2(C)[C@H](C)CC[C@]3(CCC(=O)[C@H]32)[C@@H](C)[C@@H]1O. The lowest BCUT2D eigenvalue weighted by atomic mass is 9.44. The molecule has 3 N–H and O–H groups in total. The van der Waals surface area contributed by atoms with Crippen LogP contribution in [0.4, 0.5) is 4.79 Å². The second-order valence-corrected chi connectivity index (χ2v) is 11.2. The molecule has 7 heteroatoms. The fraction of sp³-hybridized carbons (Fsp3) is 0.808. The first kappa shape index (κ1) is 25.7. The van der Waals surface area contributed by atoms with E-state index in [0.717, 1.165) is 25.7 Å². The number of aliphatic hydroxyl groups excluding tert-OH is 1. The molecule has 3 fully saturated rings. The summed E-state index contributed by atoms with van der Waals surface area (Å²) in [4.78, 5) is 38.1. The minimum absolute atomic E-state index is 0.0654. The average Bonchev–Trinajstić information content (AvgIpc) is 3.15. The molecule has 0 radical (unpaired) electrons. The Kier molecular flexibility index (Phi) is 7.33. The van der Waals surface area contributed by atoms with Crippen molar-refractivity contribution in [2.45, 2.75) is 85.4 Å². The van der Waals surface area contributed by atoms with Crippen LogP contribution < -0.4 is 10.6 Å². The van der Waals surface area contributed by atoms with Crippen molar-refractivity contribution in [2.24, 2.45) is 34.0 Å². The summed E-state index contributed by atoms with van der Waals surface area (Å²) in [6.45, 7) is 14.6. The molecule has 0 heterocycles. The van der Waals surface area contributed by atoms with E-state index in [1.807, 2.05) is 13.8 Å². The van der Waals surface area contributed by atoms with Crippen LogP contribution in [0.25, 0.3) is 0 Å². The van der Waals surface area contributed by atoms with Crippen molar-refractivity contribution >= 4 is 17.8 Å². The molecule has 3 aliphatic rings. The van der Waals surface area contributed by atoms with Crippen LogP contribution in [0.3, 0.4) is 0 Å². The first-order valence-corrected chi connectivity index (χ1v) is 12.5. The third-order valence-corrected chi connectivity index (χ3v) is 9.50. The predicted molar refractivity (Wildman–Crippen MR) is 126 cm³/mol. The molecule has 0 saturated heterocycles. The summed E-state index contributed by atoms with van der Waals surface area (Å²) in [6, 6.07) is -0.408. The van der Waals surface area contributed by atoms with Gasteiger partial charge in [0.1, 0.15) is 18.4 Å². The van der Waals surface area contributed by atoms with Gasteiger partial charge in [-0.3, -0.25) is 9.59 Å². The highest BCUT2D eigenvalue weighted by Crippen LogP contribution is 2.67. The third kappa shape index (κ3) is 4.22. The monoisotopic (exact) mass is 462 g/mol. The molecule has 2 bridgehead atoms. The summed E-state index contributed by atoms with van der Waals surface area (Å²) in [5, 5.41) is 16.7. The van der Waals surface area contributed by atoms with Crippen molar-refractivity contribution < 1.29 is 24.2 Å². The van der Waals surface area contributed by atoms with E-state index in [2.05, 4.69) is 38.0 Å². The lowest BCUT2D eigenvalue weighted by Gasteiger charge is -2.61. The number of esters is 1. The Balaban J connectivity index is 1.95. The van der Waals surface area contributed by atoms with Crippen LogP contribution in [0, 0.1) is 34.0 Å². The van der Waals surface area contributed by atoms with E-state index < -0.39 is 35.0 Å². The Morgan fingerprint density at radius 1 is 1.24 bits per heavy atom. The van der Waals surface area contributed by atoms with E-state index in [0.29, 0.717) is 19.4 Å². The molecule has 3 aliphatic carbocycles. The highest BCUT2D eigenvalue weighted by atomic mass is 16.5. The van der Waals surface area contributed by atoms with Crippen LogP contribution in [0.15, 0.2) is 12.7 Å². The summed E-state index contributed by atoms with van der Waals surface area (Å²) in [6.07, 6.45) is 4.80. The first-order chi connectivity index (χ1) is 15.5. The number of ketones is 1. The summed E-state index contributed by atoms with van der Waals surface area (Å²) < 4.78 is 6.08. The Labute approximate surface area is 198 Å². The standard InChI is InChI=1S/C26H42N2O5/c1-7-13-27-23(32)28-15-20(30)33-19-14-24(5,8-2)22(31)17(4)26-11-9-16(3)25(19,6)21(26)18(29)10-12-26/h8,16-17,19,21-22,31H,2,7,9-15H2,1,3-6H3,(H2,27,28,32)/t16-,17+,19-,21+,22+,24-,25+,26+/m1/s1. The fourth-order valence-corrected chi connectivity index (χ4v) is 7.16. The molecule has 3 rings (SSSR count). The van der Waals surface area contributed by atoms with Gasteiger partial charge < -0.3 is 20.5 Å². The molecular weight excluding hydrogens is 420 g/mol. The van der Waals surface area contributed by atoms with Crippen molar-refractivity contribution in [1.82, 2.24) is 10.6 Å². The van der Waals surface area contributed by atoms with Gasteiger partial charge in [0.2, 0.25) is 0 Å². The Bertz CT molecular complexity index is 800. The van der Waals surface area contributed by atoms with E-state index in [9.17, 15) is 19.5 Å². The largest absolute Gasteiger partial charge is 0.460 e. The van der Waals surface area contributed by atoms with E-state index in [1.54, 1.807) is 6.08 Å². The molecule has 186 valence electrons. The number of carbonyl (C=O) groups excluding carboxylic acids is 3. The number of carbonyl (C=O) groups is 3. The maximum absolute atomic E-state index is 13.4. The molecule has 2 amide bonds. The number of hydrogen-bond acceptors (Lipinski definition) is 5. The van der Waals surface area contributed by atoms with Crippen LogP contribution in [0.1, 0.15) is 73.1 Å².